The fourth-order valence-electron chi connectivity index (χ4n) is 2.33. The van der Waals surface area contributed by atoms with Crippen molar-refractivity contribution in [2.75, 3.05) is 6.54 Å². The van der Waals surface area contributed by atoms with Crippen molar-refractivity contribution in [1.29, 1.82) is 0 Å². The zero-order valence-corrected chi connectivity index (χ0v) is 11.3. The predicted molar refractivity (Wildman–Crippen MR) is 67.0 cm³/mol. The van der Waals surface area contributed by atoms with Crippen molar-refractivity contribution in [2.24, 2.45) is 11.8 Å². The van der Waals surface area contributed by atoms with Gasteiger partial charge in [-0.1, -0.05) is 27.7 Å². The number of rotatable bonds is 5. The Kier molecular flexibility index (Phi) is 4.78. The van der Waals surface area contributed by atoms with Crippen molar-refractivity contribution in [2.45, 2.75) is 59.7 Å². The zero-order valence-electron chi connectivity index (χ0n) is 11.3. The molecule has 0 aliphatic carbocycles. The van der Waals surface area contributed by atoms with Crippen molar-refractivity contribution in [3.05, 3.63) is 0 Å². The van der Waals surface area contributed by atoms with Crippen LogP contribution >= 0.6 is 0 Å². The maximum absolute atomic E-state index is 11.8. The topological polar surface area (TPSA) is 32.3 Å². The lowest BCUT2D eigenvalue weighted by Crippen LogP contribution is -2.46. The molecule has 1 N–H and O–H groups in total. The van der Waals surface area contributed by atoms with Crippen LogP contribution in [0.3, 0.4) is 0 Å². The van der Waals surface area contributed by atoms with Crippen molar-refractivity contribution < 1.29 is 4.79 Å². The normalized spacial score (nSPS) is 23.6. The molecule has 3 nitrogen and oxygen atoms in total. The first kappa shape index (κ1) is 13.5. The van der Waals surface area contributed by atoms with Crippen LogP contribution in [0.2, 0.25) is 0 Å². The second-order valence-electron chi connectivity index (χ2n) is 5.69. The fraction of sp³-hybridized carbons (Fsp3) is 0.923. The summed E-state index contributed by atoms with van der Waals surface area (Å²) in [4.78, 5) is 13.9. The highest BCUT2D eigenvalue weighted by molar-refractivity contribution is 5.81. The van der Waals surface area contributed by atoms with E-state index >= 15 is 0 Å². The molecule has 1 heterocycles. The average Bonchev–Trinajstić information content (AvgIpc) is 2.56. The summed E-state index contributed by atoms with van der Waals surface area (Å²) >= 11 is 0. The Hall–Kier alpha value is -0.570. The zero-order chi connectivity index (χ0) is 12.3. The average molecular weight is 226 g/mol. The second-order valence-corrected chi connectivity index (χ2v) is 5.69. The van der Waals surface area contributed by atoms with Gasteiger partial charge in [-0.25, -0.2) is 0 Å². The molecule has 1 aliphatic rings. The Bertz CT molecular complexity index is 238. The first-order valence-corrected chi connectivity index (χ1v) is 6.48. The summed E-state index contributed by atoms with van der Waals surface area (Å²) in [5, 5.41) is 3.30. The Morgan fingerprint density at radius 2 is 1.88 bits per heavy atom. The van der Waals surface area contributed by atoms with Gasteiger partial charge in [0.1, 0.15) is 0 Å². The highest BCUT2D eigenvalue weighted by Crippen LogP contribution is 2.20. The number of carbonyl (C=O) groups excluding carboxylic acids is 1. The van der Waals surface area contributed by atoms with E-state index in [-0.39, 0.29) is 12.1 Å². The molecule has 3 heteroatoms. The van der Waals surface area contributed by atoms with Crippen molar-refractivity contribution in [1.82, 2.24) is 10.2 Å². The molecule has 0 aromatic heterocycles. The highest BCUT2D eigenvalue weighted by Gasteiger charge is 2.35. The first-order chi connectivity index (χ1) is 7.43. The van der Waals surface area contributed by atoms with E-state index in [4.69, 9.17) is 0 Å². The molecule has 0 bridgehead atoms. The summed E-state index contributed by atoms with van der Waals surface area (Å²) in [6, 6.07) is 0.359. The molecular formula is C13H26N2O. The van der Waals surface area contributed by atoms with Crippen LogP contribution < -0.4 is 5.32 Å². The van der Waals surface area contributed by atoms with Crippen LogP contribution in [0.5, 0.6) is 0 Å². The SMILES string of the molecule is CC(C)CCC(C)N1C(=O)CNC1C(C)C. The van der Waals surface area contributed by atoms with Gasteiger partial charge in [-0.3, -0.25) is 10.1 Å². The highest BCUT2D eigenvalue weighted by atomic mass is 16.2. The monoisotopic (exact) mass is 226 g/mol. The van der Waals surface area contributed by atoms with Gasteiger partial charge >= 0.3 is 0 Å². The van der Waals surface area contributed by atoms with Gasteiger partial charge in [-0.15, -0.1) is 0 Å². The Balaban J connectivity index is 2.57. The third-order valence-corrected chi connectivity index (χ3v) is 3.32. The summed E-state index contributed by atoms with van der Waals surface area (Å²) in [6.45, 7) is 11.5. The van der Waals surface area contributed by atoms with Crippen molar-refractivity contribution in [3.8, 4) is 0 Å². The predicted octanol–water partition coefficient (Wildman–Crippen LogP) is 2.22. The minimum absolute atomic E-state index is 0.231. The van der Waals surface area contributed by atoms with Crippen LogP contribution in [0.15, 0.2) is 0 Å². The van der Waals surface area contributed by atoms with E-state index in [2.05, 4.69) is 39.9 Å². The number of nitrogens with one attached hydrogen (secondary N) is 1. The smallest absolute Gasteiger partial charge is 0.238 e. The van der Waals surface area contributed by atoms with E-state index < -0.39 is 0 Å². The molecule has 2 unspecified atom stereocenters. The van der Waals surface area contributed by atoms with Crippen LogP contribution in [-0.4, -0.2) is 29.6 Å². The molecule has 1 amide bonds. The molecule has 0 saturated carbocycles. The summed E-state index contributed by atoms with van der Waals surface area (Å²) < 4.78 is 0. The fourth-order valence-corrected chi connectivity index (χ4v) is 2.33. The first-order valence-electron chi connectivity index (χ1n) is 6.48. The van der Waals surface area contributed by atoms with Gasteiger partial charge < -0.3 is 4.90 Å². The van der Waals surface area contributed by atoms with Gasteiger partial charge in [0.05, 0.1) is 12.7 Å². The van der Waals surface area contributed by atoms with Crippen LogP contribution in [0.25, 0.3) is 0 Å². The van der Waals surface area contributed by atoms with E-state index in [1.54, 1.807) is 0 Å². The molecule has 1 aliphatic heterocycles. The molecule has 0 aromatic rings. The quantitative estimate of drug-likeness (QED) is 0.779. The summed E-state index contributed by atoms with van der Waals surface area (Å²) in [6.07, 6.45) is 2.53. The van der Waals surface area contributed by atoms with Gasteiger partial charge in [0.25, 0.3) is 0 Å². The largest absolute Gasteiger partial charge is 0.323 e. The molecule has 0 aromatic carbocycles. The van der Waals surface area contributed by atoms with E-state index in [1.165, 1.54) is 6.42 Å². The van der Waals surface area contributed by atoms with Crippen LogP contribution in [0.4, 0.5) is 0 Å². The van der Waals surface area contributed by atoms with Crippen LogP contribution in [-0.2, 0) is 4.79 Å². The standard InChI is InChI=1S/C13H26N2O/c1-9(2)6-7-11(5)15-12(16)8-14-13(15)10(3)4/h9-11,13-14H,6-8H2,1-5H3. The maximum Gasteiger partial charge on any atom is 0.238 e. The van der Waals surface area contributed by atoms with Gasteiger partial charge in [0.2, 0.25) is 5.91 Å². The summed E-state index contributed by atoms with van der Waals surface area (Å²) in [5.74, 6) is 1.45. The van der Waals surface area contributed by atoms with E-state index in [9.17, 15) is 4.79 Å². The molecule has 1 fully saturated rings. The Morgan fingerprint density at radius 1 is 1.25 bits per heavy atom. The molecule has 0 radical (unpaired) electrons. The van der Waals surface area contributed by atoms with Gasteiger partial charge in [0, 0.05) is 6.04 Å². The van der Waals surface area contributed by atoms with Crippen molar-refractivity contribution >= 4 is 5.91 Å². The summed E-state index contributed by atoms with van der Waals surface area (Å²) in [7, 11) is 0. The van der Waals surface area contributed by atoms with Crippen molar-refractivity contribution in [3.63, 3.8) is 0 Å². The molecule has 1 saturated heterocycles. The molecule has 94 valence electrons. The van der Waals surface area contributed by atoms with E-state index in [0.29, 0.717) is 24.4 Å². The lowest BCUT2D eigenvalue weighted by Gasteiger charge is -2.33. The number of hydrogen-bond donors (Lipinski definition) is 1. The van der Waals surface area contributed by atoms with E-state index in [0.717, 1.165) is 6.42 Å². The third kappa shape index (κ3) is 3.21. The van der Waals surface area contributed by atoms with Gasteiger partial charge in [-0.2, -0.15) is 0 Å². The number of carbonyl (C=O) groups is 1. The lowest BCUT2D eigenvalue weighted by atomic mass is 10.0. The molecule has 2 atom stereocenters. The lowest BCUT2D eigenvalue weighted by molar-refractivity contribution is -0.130. The maximum atomic E-state index is 11.8. The number of hydrogen-bond acceptors (Lipinski definition) is 2. The molecule has 1 rings (SSSR count). The third-order valence-electron chi connectivity index (χ3n) is 3.32. The number of amides is 1. The summed E-state index contributed by atoms with van der Waals surface area (Å²) in [5.41, 5.74) is 0. The van der Waals surface area contributed by atoms with Gasteiger partial charge in [0.15, 0.2) is 0 Å². The molecule has 0 spiro atoms. The Labute approximate surface area is 99.6 Å². The Morgan fingerprint density at radius 3 is 2.38 bits per heavy atom. The van der Waals surface area contributed by atoms with Crippen LogP contribution in [0.1, 0.15) is 47.5 Å². The number of nitrogens with zero attached hydrogens (tertiary/aromatic N) is 1. The minimum Gasteiger partial charge on any atom is -0.323 e. The molecule has 16 heavy (non-hydrogen) atoms. The van der Waals surface area contributed by atoms with Gasteiger partial charge in [-0.05, 0) is 31.6 Å². The van der Waals surface area contributed by atoms with Crippen LogP contribution in [0, 0.1) is 11.8 Å². The molecular weight excluding hydrogens is 200 g/mol. The second kappa shape index (κ2) is 5.67. The van der Waals surface area contributed by atoms with E-state index in [1.807, 2.05) is 4.90 Å². The minimum atomic E-state index is 0.231.